The normalized spacial score (nSPS) is 42.3. The summed E-state index contributed by atoms with van der Waals surface area (Å²) in [5, 5.41) is 11.6. The fourth-order valence-corrected chi connectivity index (χ4v) is 7.36. The van der Waals surface area contributed by atoms with E-state index in [9.17, 15) is 24.3 Å². The molecule has 3 saturated carbocycles. The Morgan fingerprint density at radius 3 is 2.53 bits per heavy atom. The lowest BCUT2D eigenvalue weighted by molar-refractivity contribution is -0.192. The molecule has 0 amide bonds. The highest BCUT2D eigenvalue weighted by Crippen LogP contribution is 2.67. The molecule has 0 aromatic rings. The summed E-state index contributed by atoms with van der Waals surface area (Å²) in [6.07, 6.45) is 7.62. The summed E-state index contributed by atoms with van der Waals surface area (Å²) in [5.41, 5.74) is -1.81. The van der Waals surface area contributed by atoms with E-state index in [-0.39, 0.29) is 30.0 Å². The van der Waals surface area contributed by atoms with Gasteiger partial charge in [0.25, 0.3) is 0 Å². The highest BCUT2D eigenvalue weighted by Gasteiger charge is 2.68. The van der Waals surface area contributed by atoms with Crippen LogP contribution in [-0.2, 0) is 28.7 Å². The molecule has 0 aromatic heterocycles. The number of hydrogen-bond donors (Lipinski definition) is 1. The van der Waals surface area contributed by atoms with Crippen LogP contribution in [0.4, 0.5) is 0 Å². The predicted octanol–water partition coefficient (Wildman–Crippen LogP) is 2.70. The maximum Gasteiger partial charge on any atom is 0.303 e. The van der Waals surface area contributed by atoms with Crippen LogP contribution in [-0.4, -0.2) is 46.9 Å². The minimum Gasteiger partial charge on any atom is -0.462 e. The van der Waals surface area contributed by atoms with Crippen molar-refractivity contribution in [1.29, 1.82) is 0 Å². The fraction of sp³-hybridized carbons (Fsp3) is 0.680. The van der Waals surface area contributed by atoms with Crippen molar-refractivity contribution >= 4 is 23.5 Å². The molecule has 7 heteroatoms. The highest BCUT2D eigenvalue weighted by molar-refractivity contribution is 6.01. The predicted molar refractivity (Wildman–Crippen MR) is 114 cm³/mol. The van der Waals surface area contributed by atoms with Crippen LogP contribution in [0, 0.1) is 28.6 Å². The second-order valence-electron chi connectivity index (χ2n) is 10.4. The van der Waals surface area contributed by atoms with Crippen LogP contribution in [0.15, 0.2) is 23.8 Å². The van der Waals surface area contributed by atoms with E-state index < -0.39 is 46.9 Å². The monoisotopic (exact) mass is 444 g/mol. The van der Waals surface area contributed by atoms with E-state index in [1.807, 2.05) is 13.0 Å². The summed E-state index contributed by atoms with van der Waals surface area (Å²) >= 11 is 0. The average Bonchev–Trinajstić information content (AvgIpc) is 2.97. The van der Waals surface area contributed by atoms with Crippen LogP contribution in [0.2, 0.25) is 0 Å². The topological polar surface area (TPSA) is 107 Å². The summed E-state index contributed by atoms with van der Waals surface area (Å²) in [7, 11) is 0. The summed E-state index contributed by atoms with van der Waals surface area (Å²) < 4.78 is 10.8. The molecule has 0 saturated heterocycles. The van der Waals surface area contributed by atoms with Crippen LogP contribution in [0.25, 0.3) is 0 Å². The Bertz CT molecular complexity index is 933. The smallest absolute Gasteiger partial charge is 0.303 e. The van der Waals surface area contributed by atoms with E-state index in [4.69, 9.17) is 9.47 Å². The third kappa shape index (κ3) is 3.28. The number of hydrogen-bond acceptors (Lipinski definition) is 7. The number of carbonyl (C=O) groups is 4. The number of aliphatic hydroxyl groups is 1. The second kappa shape index (κ2) is 7.65. The third-order valence-corrected chi connectivity index (χ3v) is 8.81. The second-order valence-corrected chi connectivity index (χ2v) is 10.4. The summed E-state index contributed by atoms with van der Waals surface area (Å²) in [4.78, 5) is 48.4. The molecule has 0 spiro atoms. The van der Waals surface area contributed by atoms with Gasteiger partial charge >= 0.3 is 11.9 Å². The van der Waals surface area contributed by atoms with Crippen LogP contribution < -0.4 is 0 Å². The molecule has 1 N–H and O–H groups in total. The number of carbonyl (C=O) groups excluding carboxylic acids is 4. The number of fused-ring (bicyclic) bond motifs is 5. The van der Waals surface area contributed by atoms with Crippen molar-refractivity contribution in [2.45, 2.75) is 71.5 Å². The van der Waals surface area contributed by atoms with Crippen molar-refractivity contribution in [2.75, 3.05) is 6.61 Å². The van der Waals surface area contributed by atoms with Crippen molar-refractivity contribution in [1.82, 2.24) is 0 Å². The van der Waals surface area contributed by atoms with E-state index in [0.29, 0.717) is 12.8 Å². The quantitative estimate of drug-likeness (QED) is 0.664. The molecule has 4 rings (SSSR count). The molecular weight excluding hydrogens is 412 g/mol. The molecular formula is C25H32O7. The van der Waals surface area contributed by atoms with Gasteiger partial charge < -0.3 is 14.6 Å². The molecule has 7 atom stereocenters. The molecule has 0 aliphatic heterocycles. The first-order valence-corrected chi connectivity index (χ1v) is 11.4. The molecule has 174 valence electrons. The lowest BCUT2D eigenvalue weighted by atomic mass is 9.46. The van der Waals surface area contributed by atoms with E-state index in [2.05, 4.69) is 6.92 Å². The third-order valence-electron chi connectivity index (χ3n) is 8.81. The maximum absolute atomic E-state index is 13.1. The zero-order valence-corrected chi connectivity index (χ0v) is 19.2. The molecule has 3 fully saturated rings. The van der Waals surface area contributed by atoms with Gasteiger partial charge in [0.2, 0.25) is 5.78 Å². The van der Waals surface area contributed by atoms with E-state index in [0.717, 1.165) is 18.4 Å². The van der Waals surface area contributed by atoms with E-state index in [1.165, 1.54) is 13.8 Å². The van der Waals surface area contributed by atoms with Gasteiger partial charge in [0.1, 0.15) is 11.7 Å². The Morgan fingerprint density at radius 2 is 1.88 bits per heavy atom. The zero-order chi connectivity index (χ0) is 23.5. The van der Waals surface area contributed by atoms with Crippen molar-refractivity contribution < 1.29 is 33.8 Å². The lowest BCUT2D eigenvalue weighted by Crippen LogP contribution is -2.62. The molecule has 7 nitrogen and oxygen atoms in total. The van der Waals surface area contributed by atoms with Crippen molar-refractivity contribution in [3.8, 4) is 0 Å². The van der Waals surface area contributed by atoms with Gasteiger partial charge in [-0.2, -0.15) is 0 Å². The van der Waals surface area contributed by atoms with Gasteiger partial charge in [-0.1, -0.05) is 25.5 Å². The molecule has 4 aliphatic rings. The number of ketones is 2. The molecule has 0 unspecified atom stereocenters. The molecule has 0 heterocycles. The molecule has 32 heavy (non-hydrogen) atoms. The Morgan fingerprint density at radius 1 is 1.16 bits per heavy atom. The Kier molecular flexibility index (Phi) is 5.47. The average molecular weight is 445 g/mol. The summed E-state index contributed by atoms with van der Waals surface area (Å²) in [6, 6.07) is 0. The number of ether oxygens (including phenoxy) is 2. The number of rotatable bonds is 4. The first-order chi connectivity index (χ1) is 14.9. The minimum atomic E-state index is -1.65. The Hall–Kier alpha value is -2.28. The van der Waals surface area contributed by atoms with Crippen LogP contribution in [0.5, 0.6) is 0 Å². The van der Waals surface area contributed by atoms with Crippen molar-refractivity contribution in [3.63, 3.8) is 0 Å². The van der Waals surface area contributed by atoms with Gasteiger partial charge in [-0.05, 0) is 56.1 Å². The van der Waals surface area contributed by atoms with Crippen molar-refractivity contribution in [3.05, 3.63) is 23.8 Å². The van der Waals surface area contributed by atoms with Crippen LogP contribution >= 0.6 is 0 Å². The lowest BCUT2D eigenvalue weighted by Gasteiger charge is -2.60. The first kappa shape index (κ1) is 22.9. The van der Waals surface area contributed by atoms with Gasteiger partial charge in [-0.25, -0.2) is 0 Å². The minimum absolute atomic E-state index is 0.0214. The largest absolute Gasteiger partial charge is 0.462 e. The fourth-order valence-electron chi connectivity index (χ4n) is 7.36. The SMILES string of the molecule is CC(=O)OCC(=O)[C@@]1(O)CC[C@H]2[C@@H]3CCC4=CC(=O)C=C[C@]4(C)[C@H]3[C@@H](OC(C)=O)C[C@@]21C. The Labute approximate surface area is 188 Å². The van der Waals surface area contributed by atoms with Crippen molar-refractivity contribution in [2.24, 2.45) is 28.6 Å². The van der Waals surface area contributed by atoms with Gasteiger partial charge in [-0.15, -0.1) is 0 Å². The maximum atomic E-state index is 13.1. The van der Waals surface area contributed by atoms with Crippen LogP contribution in [0.3, 0.4) is 0 Å². The summed E-state index contributed by atoms with van der Waals surface area (Å²) in [5.74, 6) is -1.36. The van der Waals surface area contributed by atoms with Gasteiger partial charge in [0, 0.05) is 30.6 Å². The van der Waals surface area contributed by atoms with Gasteiger partial charge in [0.15, 0.2) is 12.4 Å². The molecule has 0 aromatic carbocycles. The molecule has 0 radical (unpaired) electrons. The Balaban J connectivity index is 1.73. The van der Waals surface area contributed by atoms with Gasteiger partial charge in [0.05, 0.1) is 0 Å². The van der Waals surface area contributed by atoms with E-state index >= 15 is 0 Å². The molecule has 0 bridgehead atoms. The number of allylic oxidation sites excluding steroid dienone is 4. The van der Waals surface area contributed by atoms with Crippen LogP contribution in [0.1, 0.15) is 59.8 Å². The standard InChI is InChI=1S/C25H32O7/c1-14(26)31-13-21(29)25(30)10-8-19-18-6-5-16-11-17(28)7-9-23(16,3)22(18)20(32-15(2)27)12-24(19,25)4/h7,9,11,18-20,22,30H,5-6,8,10,12-13H2,1-4H3/t18-,19-,20-,22+,23-,24-,25-/m0/s1. The van der Waals surface area contributed by atoms with Gasteiger partial charge in [-0.3, -0.25) is 19.2 Å². The highest BCUT2D eigenvalue weighted by atomic mass is 16.5. The zero-order valence-electron chi connectivity index (χ0n) is 19.2. The molecule has 4 aliphatic carbocycles. The van der Waals surface area contributed by atoms with E-state index in [1.54, 1.807) is 12.2 Å². The number of Topliss-reactive ketones (excluding diaryl/α,β-unsaturated/α-hetero) is 1. The summed E-state index contributed by atoms with van der Waals surface area (Å²) in [6.45, 7) is 6.16. The first-order valence-electron chi connectivity index (χ1n) is 11.4. The number of esters is 2.